The summed E-state index contributed by atoms with van der Waals surface area (Å²) >= 11 is 0. The highest BCUT2D eigenvalue weighted by molar-refractivity contribution is 5.71. The molecule has 0 radical (unpaired) electrons. The van der Waals surface area contributed by atoms with Crippen LogP contribution in [0.1, 0.15) is 69.9 Å². The lowest BCUT2D eigenvalue weighted by Gasteiger charge is -2.50. The Morgan fingerprint density at radius 3 is 2.57 bits per heavy atom. The number of esters is 2. The van der Waals surface area contributed by atoms with E-state index >= 15 is 0 Å². The van der Waals surface area contributed by atoms with E-state index in [-0.39, 0.29) is 30.3 Å². The first-order chi connectivity index (χ1) is 14.3. The summed E-state index contributed by atoms with van der Waals surface area (Å²) in [5.41, 5.74) is 2.62. The second-order valence-corrected chi connectivity index (χ2v) is 9.28. The smallest absolute Gasteiger partial charge is 0.308 e. The summed E-state index contributed by atoms with van der Waals surface area (Å²) in [6.45, 7) is 5.34. The molecule has 3 aliphatic carbocycles. The van der Waals surface area contributed by atoms with E-state index in [4.69, 9.17) is 18.9 Å². The summed E-state index contributed by atoms with van der Waals surface area (Å²) in [6.07, 6.45) is 6.30. The van der Waals surface area contributed by atoms with Gasteiger partial charge >= 0.3 is 11.9 Å². The molecule has 0 saturated heterocycles. The monoisotopic (exact) mass is 416 g/mol. The van der Waals surface area contributed by atoms with Crippen LogP contribution >= 0.6 is 0 Å². The van der Waals surface area contributed by atoms with Gasteiger partial charge in [0.25, 0.3) is 0 Å². The minimum absolute atomic E-state index is 0.0313. The Labute approximate surface area is 178 Å². The number of benzene rings is 1. The molecule has 6 heteroatoms. The number of carbonyl (C=O) groups is 2. The molecule has 4 rings (SSSR count). The molecule has 164 valence electrons. The molecule has 0 unspecified atom stereocenters. The maximum absolute atomic E-state index is 11.7. The fraction of sp³-hybridized carbons (Fsp3) is 0.667. The van der Waals surface area contributed by atoms with Crippen molar-refractivity contribution in [1.29, 1.82) is 0 Å². The third kappa shape index (κ3) is 3.70. The Balaban J connectivity index is 1.63. The molecule has 0 spiro atoms. The van der Waals surface area contributed by atoms with E-state index in [1.807, 2.05) is 12.1 Å². The van der Waals surface area contributed by atoms with Crippen LogP contribution in [0.5, 0.6) is 11.5 Å². The molecule has 1 aromatic carbocycles. The third-order valence-electron chi connectivity index (χ3n) is 7.60. The Bertz CT molecular complexity index is 833. The minimum atomic E-state index is -0.360. The molecule has 1 aromatic rings. The number of carbonyl (C=O) groups excluding carboxylic acids is 2. The highest BCUT2D eigenvalue weighted by Crippen LogP contribution is 2.62. The van der Waals surface area contributed by atoms with Crippen molar-refractivity contribution in [3.05, 3.63) is 23.3 Å². The van der Waals surface area contributed by atoms with Crippen LogP contribution in [0.4, 0.5) is 0 Å². The molecule has 0 bridgehead atoms. The van der Waals surface area contributed by atoms with Gasteiger partial charge in [0.1, 0.15) is 6.10 Å². The Morgan fingerprint density at radius 2 is 1.87 bits per heavy atom. The SMILES string of the molecule is COCOc1cc2c(cc1OC(C)=O)[C@H]1CC[C@]3(C)[C@@H](OC(C)=O)CC[C@H]3[C@@H]1CC2. The summed E-state index contributed by atoms with van der Waals surface area (Å²) in [4.78, 5) is 23.3. The molecule has 3 aliphatic rings. The van der Waals surface area contributed by atoms with Crippen LogP contribution < -0.4 is 9.47 Å². The lowest BCUT2D eigenvalue weighted by Crippen LogP contribution is -2.45. The van der Waals surface area contributed by atoms with Crippen LogP contribution in [0.3, 0.4) is 0 Å². The molecule has 0 N–H and O–H groups in total. The normalized spacial score (nSPS) is 31.9. The van der Waals surface area contributed by atoms with Crippen LogP contribution in [0, 0.1) is 17.3 Å². The van der Waals surface area contributed by atoms with E-state index in [1.165, 1.54) is 25.0 Å². The number of ether oxygens (including phenoxy) is 4. The van der Waals surface area contributed by atoms with Crippen molar-refractivity contribution in [3.8, 4) is 11.5 Å². The van der Waals surface area contributed by atoms with Gasteiger partial charge in [-0.2, -0.15) is 0 Å². The summed E-state index contributed by atoms with van der Waals surface area (Å²) < 4.78 is 21.9. The van der Waals surface area contributed by atoms with Gasteiger partial charge < -0.3 is 18.9 Å². The Kier molecular flexibility index (Phi) is 5.80. The first kappa shape index (κ1) is 21.2. The van der Waals surface area contributed by atoms with Crippen LogP contribution in [0.25, 0.3) is 0 Å². The Morgan fingerprint density at radius 1 is 1.07 bits per heavy atom. The summed E-state index contributed by atoms with van der Waals surface area (Å²) in [6, 6.07) is 4.03. The number of hydrogen-bond acceptors (Lipinski definition) is 6. The summed E-state index contributed by atoms with van der Waals surface area (Å²) in [7, 11) is 1.57. The lowest BCUT2D eigenvalue weighted by atomic mass is 9.55. The fourth-order valence-corrected chi connectivity index (χ4v) is 6.39. The number of aryl methyl sites for hydroxylation is 1. The second-order valence-electron chi connectivity index (χ2n) is 9.28. The molecule has 6 nitrogen and oxygen atoms in total. The molecular weight excluding hydrogens is 384 g/mol. The van der Waals surface area contributed by atoms with E-state index in [2.05, 4.69) is 6.92 Å². The zero-order chi connectivity index (χ0) is 21.5. The highest BCUT2D eigenvalue weighted by atomic mass is 16.7. The molecule has 0 aromatic heterocycles. The first-order valence-electron chi connectivity index (χ1n) is 11.0. The fourth-order valence-electron chi connectivity index (χ4n) is 6.39. The van der Waals surface area contributed by atoms with Crippen molar-refractivity contribution in [2.75, 3.05) is 13.9 Å². The van der Waals surface area contributed by atoms with Crippen molar-refractivity contribution >= 4 is 11.9 Å². The lowest BCUT2D eigenvalue weighted by molar-refractivity contribution is -0.154. The number of hydrogen-bond donors (Lipinski definition) is 0. The van der Waals surface area contributed by atoms with Gasteiger partial charge in [-0.15, -0.1) is 0 Å². The number of fused-ring (bicyclic) bond motifs is 5. The van der Waals surface area contributed by atoms with Crippen molar-refractivity contribution in [2.24, 2.45) is 17.3 Å². The molecule has 5 atom stereocenters. The highest BCUT2D eigenvalue weighted by Gasteiger charge is 2.56. The molecule has 0 heterocycles. The second kappa shape index (κ2) is 8.22. The van der Waals surface area contributed by atoms with Gasteiger partial charge in [0, 0.05) is 26.4 Å². The van der Waals surface area contributed by atoms with Gasteiger partial charge in [0.05, 0.1) is 0 Å². The van der Waals surface area contributed by atoms with Crippen molar-refractivity contribution in [1.82, 2.24) is 0 Å². The average molecular weight is 417 g/mol. The summed E-state index contributed by atoms with van der Waals surface area (Å²) in [5, 5.41) is 0. The van der Waals surface area contributed by atoms with Gasteiger partial charge in [-0.1, -0.05) is 6.92 Å². The maximum atomic E-state index is 11.7. The van der Waals surface area contributed by atoms with Gasteiger partial charge in [-0.25, -0.2) is 0 Å². The number of rotatable bonds is 5. The molecule has 0 aliphatic heterocycles. The topological polar surface area (TPSA) is 71.1 Å². The van der Waals surface area contributed by atoms with E-state index in [1.54, 1.807) is 7.11 Å². The van der Waals surface area contributed by atoms with Gasteiger partial charge in [-0.05, 0) is 79.5 Å². The predicted molar refractivity (Wildman–Crippen MR) is 110 cm³/mol. The Hall–Kier alpha value is -2.08. The van der Waals surface area contributed by atoms with E-state index < -0.39 is 0 Å². The van der Waals surface area contributed by atoms with E-state index in [0.29, 0.717) is 29.3 Å². The molecule has 0 amide bonds. The van der Waals surface area contributed by atoms with Gasteiger partial charge in [0.15, 0.2) is 18.3 Å². The van der Waals surface area contributed by atoms with Crippen LogP contribution in [-0.2, 0) is 25.5 Å². The first-order valence-corrected chi connectivity index (χ1v) is 11.0. The molecular formula is C24H32O6. The van der Waals surface area contributed by atoms with Crippen molar-refractivity contribution in [3.63, 3.8) is 0 Å². The van der Waals surface area contributed by atoms with Crippen LogP contribution in [-0.4, -0.2) is 31.9 Å². The van der Waals surface area contributed by atoms with Crippen molar-refractivity contribution in [2.45, 2.75) is 71.3 Å². The summed E-state index contributed by atoms with van der Waals surface area (Å²) in [5.74, 6) is 2.04. The minimum Gasteiger partial charge on any atom is -0.464 e. The molecule has 2 saturated carbocycles. The van der Waals surface area contributed by atoms with Gasteiger partial charge in [-0.3, -0.25) is 9.59 Å². The predicted octanol–water partition coefficient (Wildman–Crippen LogP) is 4.38. The zero-order valence-corrected chi connectivity index (χ0v) is 18.4. The van der Waals surface area contributed by atoms with Gasteiger partial charge in [0.2, 0.25) is 0 Å². The van der Waals surface area contributed by atoms with Crippen LogP contribution in [0.2, 0.25) is 0 Å². The average Bonchev–Trinajstić information content (AvgIpc) is 3.01. The zero-order valence-electron chi connectivity index (χ0n) is 18.4. The largest absolute Gasteiger partial charge is 0.464 e. The molecule has 2 fully saturated rings. The van der Waals surface area contributed by atoms with E-state index in [9.17, 15) is 9.59 Å². The third-order valence-corrected chi connectivity index (χ3v) is 7.60. The maximum Gasteiger partial charge on any atom is 0.308 e. The molecule has 30 heavy (non-hydrogen) atoms. The van der Waals surface area contributed by atoms with E-state index in [0.717, 1.165) is 38.5 Å². The quantitative estimate of drug-likeness (QED) is 0.403. The standard InChI is InChI=1S/C24H32O6/c1-14(25)29-22-12-19-16(11-21(22)28-13-27-4)5-6-18-17(19)9-10-24(3)20(18)7-8-23(24)30-15(2)26/h11-12,17-18,20,23H,5-10,13H2,1-4H3/t17-,18+,20-,23-,24-/m0/s1. The van der Waals surface area contributed by atoms with Crippen molar-refractivity contribution < 1.29 is 28.5 Å². The van der Waals surface area contributed by atoms with Crippen LogP contribution in [0.15, 0.2) is 12.1 Å². The number of methoxy groups -OCH3 is 1.